The van der Waals surface area contributed by atoms with Crippen molar-refractivity contribution in [1.29, 1.82) is 0 Å². The van der Waals surface area contributed by atoms with E-state index in [-0.39, 0.29) is 4.99 Å². The Morgan fingerprint density at radius 3 is 2.83 bits per heavy atom. The smallest absolute Gasteiger partial charge is 0.131 e. The molecule has 0 aromatic rings. The standard InChI is InChI=1S/C9H18N2S/c1-9(10,12-2)11-8-6-4-3-5-7-8/h6,11H,3-5,7,10H2,1-2H3. The van der Waals surface area contributed by atoms with Gasteiger partial charge in [-0.05, 0) is 38.9 Å². The topological polar surface area (TPSA) is 38.0 Å². The minimum absolute atomic E-state index is 0.302. The van der Waals surface area contributed by atoms with Gasteiger partial charge in [0.2, 0.25) is 0 Å². The van der Waals surface area contributed by atoms with Crippen molar-refractivity contribution in [3.8, 4) is 0 Å². The lowest BCUT2D eigenvalue weighted by atomic mass is 10.0. The molecule has 0 radical (unpaired) electrons. The lowest BCUT2D eigenvalue weighted by molar-refractivity contribution is 0.540. The molecule has 70 valence electrons. The first-order chi connectivity index (χ1) is 5.64. The van der Waals surface area contributed by atoms with E-state index in [9.17, 15) is 0 Å². The molecule has 0 aromatic heterocycles. The fraction of sp³-hybridized carbons (Fsp3) is 0.778. The van der Waals surface area contributed by atoms with Crippen LogP contribution < -0.4 is 11.1 Å². The molecular weight excluding hydrogens is 168 g/mol. The van der Waals surface area contributed by atoms with Crippen LogP contribution in [0.25, 0.3) is 0 Å². The van der Waals surface area contributed by atoms with E-state index in [0.29, 0.717) is 0 Å². The zero-order valence-electron chi connectivity index (χ0n) is 7.89. The van der Waals surface area contributed by atoms with Gasteiger partial charge in [-0.3, -0.25) is 0 Å². The van der Waals surface area contributed by atoms with Crippen LogP contribution in [0, 0.1) is 0 Å². The van der Waals surface area contributed by atoms with Crippen LogP contribution in [0.4, 0.5) is 0 Å². The van der Waals surface area contributed by atoms with Gasteiger partial charge in [0.15, 0.2) is 0 Å². The minimum atomic E-state index is -0.302. The number of rotatable bonds is 3. The van der Waals surface area contributed by atoms with E-state index in [1.54, 1.807) is 11.8 Å². The summed E-state index contributed by atoms with van der Waals surface area (Å²) in [6.07, 6.45) is 9.27. The van der Waals surface area contributed by atoms with Gasteiger partial charge in [0, 0.05) is 5.70 Å². The van der Waals surface area contributed by atoms with Crippen LogP contribution >= 0.6 is 11.8 Å². The van der Waals surface area contributed by atoms with Crippen molar-refractivity contribution in [2.45, 2.75) is 37.6 Å². The molecule has 1 atom stereocenters. The van der Waals surface area contributed by atoms with Crippen LogP contribution in [0.5, 0.6) is 0 Å². The molecule has 0 aromatic carbocycles. The van der Waals surface area contributed by atoms with E-state index in [1.807, 2.05) is 13.2 Å². The summed E-state index contributed by atoms with van der Waals surface area (Å²) in [5.41, 5.74) is 7.28. The third-order valence-electron chi connectivity index (χ3n) is 2.12. The van der Waals surface area contributed by atoms with Crippen LogP contribution in [0.3, 0.4) is 0 Å². The molecule has 1 unspecified atom stereocenters. The van der Waals surface area contributed by atoms with Crippen molar-refractivity contribution in [1.82, 2.24) is 5.32 Å². The summed E-state index contributed by atoms with van der Waals surface area (Å²) in [6.45, 7) is 2.01. The maximum Gasteiger partial charge on any atom is 0.131 e. The van der Waals surface area contributed by atoms with Gasteiger partial charge in [-0.2, -0.15) is 0 Å². The van der Waals surface area contributed by atoms with Crippen LogP contribution in [0.15, 0.2) is 11.8 Å². The molecule has 3 heteroatoms. The molecule has 0 bridgehead atoms. The zero-order valence-corrected chi connectivity index (χ0v) is 8.71. The first-order valence-electron chi connectivity index (χ1n) is 4.45. The fourth-order valence-corrected chi connectivity index (χ4v) is 1.55. The summed E-state index contributed by atoms with van der Waals surface area (Å²) < 4.78 is 0. The molecule has 0 aliphatic heterocycles. The maximum atomic E-state index is 5.96. The van der Waals surface area contributed by atoms with Gasteiger partial charge in [-0.1, -0.05) is 6.08 Å². The van der Waals surface area contributed by atoms with E-state index >= 15 is 0 Å². The first kappa shape index (κ1) is 9.93. The second kappa shape index (κ2) is 4.19. The molecule has 1 rings (SSSR count). The van der Waals surface area contributed by atoms with Crippen LogP contribution in [0.1, 0.15) is 32.6 Å². The lowest BCUT2D eigenvalue weighted by Gasteiger charge is -2.28. The van der Waals surface area contributed by atoms with Crippen molar-refractivity contribution >= 4 is 11.8 Å². The van der Waals surface area contributed by atoms with E-state index < -0.39 is 0 Å². The third kappa shape index (κ3) is 3.07. The molecule has 3 N–H and O–H groups in total. The molecular formula is C9H18N2S. The average molecular weight is 186 g/mol. The van der Waals surface area contributed by atoms with E-state index in [4.69, 9.17) is 5.73 Å². The van der Waals surface area contributed by atoms with Gasteiger partial charge in [-0.15, -0.1) is 11.8 Å². The Bertz CT molecular complexity index is 175. The van der Waals surface area contributed by atoms with Gasteiger partial charge in [0.1, 0.15) is 4.99 Å². The van der Waals surface area contributed by atoms with Gasteiger partial charge in [0.25, 0.3) is 0 Å². The Balaban J connectivity index is 2.44. The second-order valence-electron chi connectivity index (χ2n) is 3.41. The van der Waals surface area contributed by atoms with Crippen molar-refractivity contribution in [2.24, 2.45) is 5.73 Å². The highest BCUT2D eigenvalue weighted by Gasteiger charge is 2.17. The number of thioether (sulfide) groups is 1. The highest BCUT2D eigenvalue weighted by molar-refractivity contribution is 7.99. The van der Waals surface area contributed by atoms with Gasteiger partial charge >= 0.3 is 0 Å². The molecule has 0 fully saturated rings. The fourth-order valence-electron chi connectivity index (χ4n) is 1.32. The average Bonchev–Trinajstić information content (AvgIpc) is 2.06. The Morgan fingerprint density at radius 2 is 2.33 bits per heavy atom. The second-order valence-corrected chi connectivity index (χ2v) is 4.67. The first-order valence-corrected chi connectivity index (χ1v) is 5.68. The molecule has 0 saturated heterocycles. The molecule has 12 heavy (non-hydrogen) atoms. The number of nitrogens with one attached hydrogen (secondary N) is 1. The van der Waals surface area contributed by atoms with E-state index in [0.717, 1.165) is 6.42 Å². The molecule has 2 nitrogen and oxygen atoms in total. The summed E-state index contributed by atoms with van der Waals surface area (Å²) >= 11 is 1.65. The minimum Gasteiger partial charge on any atom is -0.363 e. The van der Waals surface area contributed by atoms with Crippen molar-refractivity contribution < 1.29 is 0 Å². The number of hydrogen-bond acceptors (Lipinski definition) is 3. The summed E-state index contributed by atoms with van der Waals surface area (Å²) in [5, 5.41) is 3.35. The molecule has 1 aliphatic rings. The largest absolute Gasteiger partial charge is 0.363 e. The Labute approximate surface area is 79.0 Å². The molecule has 0 spiro atoms. The number of allylic oxidation sites excluding steroid dienone is 2. The van der Waals surface area contributed by atoms with Crippen molar-refractivity contribution in [3.05, 3.63) is 11.8 Å². The highest BCUT2D eigenvalue weighted by atomic mass is 32.2. The van der Waals surface area contributed by atoms with Gasteiger partial charge < -0.3 is 11.1 Å². The summed E-state index contributed by atoms with van der Waals surface area (Å²) in [7, 11) is 0. The van der Waals surface area contributed by atoms with Crippen molar-refractivity contribution in [3.63, 3.8) is 0 Å². The van der Waals surface area contributed by atoms with Crippen LogP contribution in [-0.4, -0.2) is 11.3 Å². The van der Waals surface area contributed by atoms with Crippen LogP contribution in [0.2, 0.25) is 0 Å². The lowest BCUT2D eigenvalue weighted by Crippen LogP contribution is -2.46. The maximum absolute atomic E-state index is 5.96. The summed E-state index contributed by atoms with van der Waals surface area (Å²) in [5.74, 6) is 0. The highest BCUT2D eigenvalue weighted by Crippen LogP contribution is 2.20. The zero-order chi connectivity index (χ0) is 9.03. The predicted molar refractivity (Wildman–Crippen MR) is 55.8 cm³/mol. The Kier molecular flexibility index (Phi) is 3.47. The summed E-state index contributed by atoms with van der Waals surface area (Å²) in [4.78, 5) is -0.302. The SMILES string of the molecule is CSC(C)(N)NC1=CCCCC1. The normalized spacial score (nSPS) is 22.8. The molecule has 0 saturated carbocycles. The van der Waals surface area contributed by atoms with Gasteiger partial charge in [-0.25, -0.2) is 0 Å². The Morgan fingerprint density at radius 1 is 1.58 bits per heavy atom. The number of hydrogen-bond donors (Lipinski definition) is 2. The van der Waals surface area contributed by atoms with E-state index in [1.165, 1.54) is 25.0 Å². The Hall–Kier alpha value is -0.150. The molecule has 1 aliphatic carbocycles. The van der Waals surface area contributed by atoms with Gasteiger partial charge in [0.05, 0.1) is 0 Å². The van der Waals surface area contributed by atoms with Crippen molar-refractivity contribution in [2.75, 3.05) is 6.26 Å². The predicted octanol–water partition coefficient (Wildman–Crippen LogP) is 2.03. The molecule has 0 amide bonds. The molecule has 0 heterocycles. The van der Waals surface area contributed by atoms with E-state index in [2.05, 4.69) is 11.4 Å². The monoisotopic (exact) mass is 186 g/mol. The number of nitrogens with two attached hydrogens (primary N) is 1. The quantitative estimate of drug-likeness (QED) is 0.662. The summed E-state index contributed by atoms with van der Waals surface area (Å²) in [6, 6.07) is 0. The third-order valence-corrected chi connectivity index (χ3v) is 3.07. The van der Waals surface area contributed by atoms with Crippen LogP contribution in [-0.2, 0) is 0 Å².